The van der Waals surface area contributed by atoms with E-state index < -0.39 is 0 Å². The van der Waals surface area contributed by atoms with Gasteiger partial charge in [-0.3, -0.25) is 9.58 Å². The summed E-state index contributed by atoms with van der Waals surface area (Å²) in [7, 11) is 5.66. The first-order valence-electron chi connectivity index (χ1n) is 5.06. The minimum absolute atomic E-state index is 0.217. The highest BCUT2D eigenvalue weighted by atomic mass is 16.5. The smallest absolute Gasteiger partial charge is 0.0589 e. The van der Waals surface area contributed by atoms with E-state index in [9.17, 15) is 0 Å². The van der Waals surface area contributed by atoms with Crippen LogP contribution in [-0.2, 0) is 11.8 Å². The number of methoxy groups -OCH3 is 1. The third-order valence-corrected chi connectivity index (χ3v) is 2.51. The molecule has 0 bridgehead atoms. The quantitative estimate of drug-likeness (QED) is 0.721. The average molecular weight is 212 g/mol. The zero-order chi connectivity index (χ0) is 11.3. The maximum Gasteiger partial charge on any atom is 0.0589 e. The fourth-order valence-electron chi connectivity index (χ4n) is 1.57. The van der Waals surface area contributed by atoms with Gasteiger partial charge in [0.1, 0.15) is 0 Å². The van der Waals surface area contributed by atoms with E-state index in [1.165, 1.54) is 0 Å². The lowest BCUT2D eigenvalue weighted by atomic mass is 10.1. The van der Waals surface area contributed by atoms with Gasteiger partial charge in [0, 0.05) is 45.0 Å². The molecule has 0 amide bonds. The van der Waals surface area contributed by atoms with Gasteiger partial charge in [0.15, 0.2) is 0 Å². The second-order valence-corrected chi connectivity index (χ2v) is 3.67. The van der Waals surface area contributed by atoms with Crippen molar-refractivity contribution < 1.29 is 4.74 Å². The molecular weight excluding hydrogens is 192 g/mol. The number of likely N-dealkylation sites (N-methyl/N-ethyl adjacent to an activating group) is 1. The van der Waals surface area contributed by atoms with Gasteiger partial charge in [-0.1, -0.05) is 0 Å². The van der Waals surface area contributed by atoms with Gasteiger partial charge in [-0.25, -0.2) is 0 Å². The van der Waals surface area contributed by atoms with E-state index in [2.05, 4.69) is 10.00 Å². The number of nitrogens with zero attached hydrogens (tertiary/aromatic N) is 3. The molecule has 1 atom stereocenters. The zero-order valence-corrected chi connectivity index (χ0v) is 9.68. The van der Waals surface area contributed by atoms with Gasteiger partial charge in [0.2, 0.25) is 0 Å². The number of hydrogen-bond donors (Lipinski definition) is 1. The van der Waals surface area contributed by atoms with Crippen LogP contribution < -0.4 is 5.73 Å². The summed E-state index contributed by atoms with van der Waals surface area (Å²) in [4.78, 5) is 2.18. The summed E-state index contributed by atoms with van der Waals surface area (Å²) < 4.78 is 6.84. The van der Waals surface area contributed by atoms with E-state index in [1.807, 2.05) is 26.5 Å². The van der Waals surface area contributed by atoms with Crippen molar-refractivity contribution in [2.24, 2.45) is 12.8 Å². The van der Waals surface area contributed by atoms with Crippen LogP contribution in [0.3, 0.4) is 0 Å². The molecule has 5 heteroatoms. The Kier molecular flexibility index (Phi) is 4.74. The molecule has 0 aliphatic heterocycles. The highest BCUT2D eigenvalue weighted by molar-refractivity contribution is 5.10. The first-order chi connectivity index (χ1) is 7.19. The first kappa shape index (κ1) is 12.2. The van der Waals surface area contributed by atoms with E-state index in [0.29, 0.717) is 13.2 Å². The Balaban J connectivity index is 2.62. The van der Waals surface area contributed by atoms with Gasteiger partial charge in [-0.2, -0.15) is 5.10 Å². The molecule has 15 heavy (non-hydrogen) atoms. The molecule has 1 unspecified atom stereocenters. The van der Waals surface area contributed by atoms with Crippen LogP contribution in [0.2, 0.25) is 0 Å². The van der Waals surface area contributed by atoms with Crippen molar-refractivity contribution in [1.82, 2.24) is 14.7 Å². The lowest BCUT2D eigenvalue weighted by Crippen LogP contribution is -2.32. The number of hydrogen-bond acceptors (Lipinski definition) is 4. The predicted molar refractivity (Wildman–Crippen MR) is 59.5 cm³/mol. The Morgan fingerprint density at radius 1 is 1.67 bits per heavy atom. The summed E-state index contributed by atoms with van der Waals surface area (Å²) in [6.45, 7) is 2.17. The Morgan fingerprint density at radius 2 is 2.40 bits per heavy atom. The Bertz CT molecular complexity index is 287. The van der Waals surface area contributed by atoms with Crippen molar-refractivity contribution in [2.45, 2.75) is 6.04 Å². The van der Waals surface area contributed by atoms with Crippen LogP contribution in [0.1, 0.15) is 11.6 Å². The van der Waals surface area contributed by atoms with E-state index in [4.69, 9.17) is 10.5 Å². The van der Waals surface area contributed by atoms with Crippen molar-refractivity contribution in [2.75, 3.05) is 33.9 Å². The van der Waals surface area contributed by atoms with Crippen LogP contribution >= 0.6 is 0 Å². The molecule has 0 spiro atoms. The molecule has 0 fully saturated rings. The fraction of sp³-hybridized carbons (Fsp3) is 0.700. The van der Waals surface area contributed by atoms with Gasteiger partial charge < -0.3 is 10.5 Å². The van der Waals surface area contributed by atoms with Gasteiger partial charge >= 0.3 is 0 Å². The van der Waals surface area contributed by atoms with Crippen molar-refractivity contribution in [3.63, 3.8) is 0 Å². The largest absolute Gasteiger partial charge is 0.383 e. The molecule has 0 saturated carbocycles. The number of nitrogens with two attached hydrogens (primary N) is 1. The number of aromatic nitrogens is 2. The molecule has 0 aromatic carbocycles. The molecule has 86 valence electrons. The van der Waals surface area contributed by atoms with Gasteiger partial charge in [-0.15, -0.1) is 0 Å². The monoisotopic (exact) mass is 212 g/mol. The third kappa shape index (κ3) is 3.30. The van der Waals surface area contributed by atoms with Crippen molar-refractivity contribution in [3.8, 4) is 0 Å². The van der Waals surface area contributed by atoms with Gasteiger partial charge in [0.25, 0.3) is 0 Å². The number of ether oxygens (including phenoxy) is 1. The van der Waals surface area contributed by atoms with Crippen LogP contribution in [0.25, 0.3) is 0 Å². The second kappa shape index (κ2) is 5.85. The summed E-state index contributed by atoms with van der Waals surface area (Å²) in [5.74, 6) is 0. The number of aryl methyl sites for hydroxylation is 1. The maximum atomic E-state index is 5.77. The normalized spacial score (nSPS) is 13.4. The minimum Gasteiger partial charge on any atom is -0.383 e. The zero-order valence-electron chi connectivity index (χ0n) is 9.68. The molecule has 1 rings (SSSR count). The summed E-state index contributed by atoms with van der Waals surface area (Å²) in [6.07, 6.45) is 3.86. The van der Waals surface area contributed by atoms with Crippen molar-refractivity contribution in [1.29, 1.82) is 0 Å². The van der Waals surface area contributed by atoms with E-state index in [1.54, 1.807) is 11.8 Å². The summed E-state index contributed by atoms with van der Waals surface area (Å²) >= 11 is 0. The maximum absolute atomic E-state index is 5.77. The topological polar surface area (TPSA) is 56.3 Å². The Hall–Kier alpha value is -0.910. The Labute approximate surface area is 90.8 Å². The third-order valence-electron chi connectivity index (χ3n) is 2.51. The summed E-state index contributed by atoms with van der Waals surface area (Å²) in [6, 6.07) is 0.217. The van der Waals surface area contributed by atoms with Crippen LogP contribution in [0.5, 0.6) is 0 Å². The average Bonchev–Trinajstić information content (AvgIpc) is 2.63. The molecule has 1 heterocycles. The van der Waals surface area contributed by atoms with Crippen LogP contribution in [0, 0.1) is 0 Å². The summed E-state index contributed by atoms with van der Waals surface area (Å²) in [5.41, 5.74) is 6.92. The highest BCUT2D eigenvalue weighted by Crippen LogP contribution is 2.16. The van der Waals surface area contributed by atoms with Crippen molar-refractivity contribution >= 4 is 0 Å². The van der Waals surface area contributed by atoms with Crippen molar-refractivity contribution in [3.05, 3.63) is 18.0 Å². The van der Waals surface area contributed by atoms with Crippen LogP contribution in [0.4, 0.5) is 0 Å². The molecule has 1 aromatic heterocycles. The van der Waals surface area contributed by atoms with E-state index in [0.717, 1.165) is 12.1 Å². The predicted octanol–water partition coefficient (Wildman–Crippen LogP) is -0.00190. The lowest BCUT2D eigenvalue weighted by molar-refractivity contribution is 0.140. The van der Waals surface area contributed by atoms with Gasteiger partial charge in [0.05, 0.1) is 12.8 Å². The molecule has 5 nitrogen and oxygen atoms in total. The van der Waals surface area contributed by atoms with E-state index >= 15 is 0 Å². The first-order valence-corrected chi connectivity index (χ1v) is 5.06. The molecular formula is C10H20N4O. The molecule has 0 radical (unpaired) electrons. The highest BCUT2D eigenvalue weighted by Gasteiger charge is 2.16. The van der Waals surface area contributed by atoms with Gasteiger partial charge in [-0.05, 0) is 7.05 Å². The molecule has 0 aliphatic carbocycles. The van der Waals surface area contributed by atoms with Crippen LogP contribution in [0.15, 0.2) is 12.4 Å². The SMILES string of the molecule is COCCN(C)C(CN)c1cnn(C)c1. The van der Waals surface area contributed by atoms with E-state index in [-0.39, 0.29) is 6.04 Å². The standard InChI is InChI=1S/C10H20N4O/c1-13(4-5-15-3)10(6-11)9-7-12-14(2)8-9/h7-8,10H,4-6,11H2,1-3H3. The second-order valence-electron chi connectivity index (χ2n) is 3.67. The molecule has 0 saturated heterocycles. The molecule has 0 aliphatic rings. The lowest BCUT2D eigenvalue weighted by Gasteiger charge is -2.25. The summed E-state index contributed by atoms with van der Waals surface area (Å²) in [5, 5.41) is 4.15. The fourth-order valence-corrected chi connectivity index (χ4v) is 1.57. The molecule has 2 N–H and O–H groups in total. The number of rotatable bonds is 6. The minimum atomic E-state index is 0.217. The molecule has 1 aromatic rings. The Morgan fingerprint density at radius 3 is 2.87 bits per heavy atom. The van der Waals surface area contributed by atoms with Crippen LogP contribution in [-0.4, -0.2) is 48.5 Å².